The lowest BCUT2D eigenvalue weighted by Gasteiger charge is -2.23. The van der Waals surface area contributed by atoms with Gasteiger partial charge in [0.25, 0.3) is 0 Å². The van der Waals surface area contributed by atoms with Crippen LogP contribution in [-0.2, 0) is 35.5 Å². The van der Waals surface area contributed by atoms with Crippen molar-refractivity contribution >= 4 is 51.1 Å². The highest BCUT2D eigenvalue weighted by atomic mass is 35.5. The first-order chi connectivity index (χ1) is 18.9. The van der Waals surface area contributed by atoms with Gasteiger partial charge in [-0.15, -0.1) is 11.3 Å². The second kappa shape index (κ2) is 9.06. The van der Waals surface area contributed by atoms with E-state index in [-0.39, 0.29) is 37.7 Å². The maximum atomic E-state index is 12.1. The first kappa shape index (κ1) is 24.1. The molecule has 1 N–H and O–H groups in total. The summed E-state index contributed by atoms with van der Waals surface area (Å²) in [5, 5.41) is 14.2. The number of carbonyl (C=O) groups is 3. The summed E-state index contributed by atoms with van der Waals surface area (Å²) < 4.78 is 13.1. The van der Waals surface area contributed by atoms with Crippen molar-refractivity contribution in [3.8, 4) is 16.9 Å². The molecule has 0 spiro atoms. The molecule has 0 radical (unpaired) electrons. The highest BCUT2D eigenvalue weighted by Gasteiger charge is 2.36. The molecule has 198 valence electrons. The number of benzene rings is 1. The number of thiophene rings is 1. The molecule has 10 nitrogen and oxygen atoms in total. The van der Waals surface area contributed by atoms with Crippen molar-refractivity contribution in [2.75, 3.05) is 6.54 Å². The van der Waals surface area contributed by atoms with Gasteiger partial charge in [-0.3, -0.25) is 19.5 Å². The minimum atomic E-state index is -0.979. The second-order valence-electron chi connectivity index (χ2n) is 9.84. The quantitative estimate of drug-likeness (QED) is 0.344. The van der Waals surface area contributed by atoms with Crippen LogP contribution in [0.4, 0.5) is 4.79 Å². The number of rotatable bonds is 4. The molecular formula is C27H21ClN4O6S. The molecule has 39 heavy (non-hydrogen) atoms. The van der Waals surface area contributed by atoms with Crippen molar-refractivity contribution in [1.82, 2.24) is 19.9 Å². The first-order valence-electron chi connectivity index (χ1n) is 12.5. The number of likely N-dealkylation sites (tertiary alicyclic amines) is 1. The maximum absolute atomic E-state index is 12.1. The summed E-state index contributed by atoms with van der Waals surface area (Å²) in [7, 11) is 0. The summed E-state index contributed by atoms with van der Waals surface area (Å²) in [5.41, 5.74) is 4.87. The van der Waals surface area contributed by atoms with E-state index in [1.165, 1.54) is 21.1 Å². The van der Waals surface area contributed by atoms with Gasteiger partial charge in [-0.25, -0.2) is 4.79 Å². The summed E-state index contributed by atoms with van der Waals surface area (Å²) in [6.07, 6.45) is 1.77. The zero-order valence-corrected chi connectivity index (χ0v) is 22.0. The summed E-state index contributed by atoms with van der Waals surface area (Å²) in [6.45, 7) is 0.813. The lowest BCUT2D eigenvalue weighted by atomic mass is 9.98. The molecule has 0 saturated carbocycles. The Morgan fingerprint density at radius 1 is 1.15 bits per heavy atom. The Kier molecular flexibility index (Phi) is 5.60. The molecule has 3 aromatic heterocycles. The van der Waals surface area contributed by atoms with Gasteiger partial charge in [0.15, 0.2) is 11.9 Å². The van der Waals surface area contributed by atoms with Crippen LogP contribution in [0.5, 0.6) is 5.75 Å². The van der Waals surface area contributed by atoms with E-state index < -0.39 is 12.2 Å². The first-order valence-corrected chi connectivity index (χ1v) is 13.7. The largest absolute Gasteiger partial charge is 0.481 e. The number of ether oxygens (including phenoxy) is 1. The highest BCUT2D eigenvalue weighted by Crippen LogP contribution is 2.48. The fourth-order valence-corrected chi connectivity index (χ4v) is 6.92. The molecule has 3 aliphatic rings. The van der Waals surface area contributed by atoms with Crippen LogP contribution in [0.1, 0.15) is 46.4 Å². The predicted molar refractivity (Wildman–Crippen MR) is 141 cm³/mol. The van der Waals surface area contributed by atoms with Gasteiger partial charge >= 0.3 is 6.09 Å². The molecular weight excluding hydrogens is 544 g/mol. The third-order valence-electron chi connectivity index (χ3n) is 7.45. The van der Waals surface area contributed by atoms with Crippen LogP contribution in [-0.4, -0.2) is 49.5 Å². The predicted octanol–water partition coefficient (Wildman–Crippen LogP) is 4.97. The van der Waals surface area contributed by atoms with Gasteiger partial charge in [0, 0.05) is 70.6 Å². The molecule has 1 atom stereocenters. The molecule has 12 heteroatoms. The van der Waals surface area contributed by atoms with Gasteiger partial charge in [-0.2, -0.15) is 0 Å². The van der Waals surface area contributed by atoms with E-state index in [0.29, 0.717) is 35.9 Å². The Balaban J connectivity index is 1.24. The van der Waals surface area contributed by atoms with Crippen LogP contribution in [0.2, 0.25) is 5.02 Å². The van der Waals surface area contributed by atoms with Crippen LogP contribution in [0, 0.1) is 0 Å². The van der Waals surface area contributed by atoms with Crippen molar-refractivity contribution in [1.29, 1.82) is 0 Å². The van der Waals surface area contributed by atoms with Gasteiger partial charge < -0.3 is 19.3 Å². The maximum Gasteiger partial charge on any atom is 0.407 e. The third kappa shape index (κ3) is 4.04. The van der Waals surface area contributed by atoms with Gasteiger partial charge in [0.1, 0.15) is 5.75 Å². The number of hydrogen-bond acceptors (Lipinski definition) is 8. The van der Waals surface area contributed by atoms with E-state index in [0.717, 1.165) is 43.0 Å². The number of nitrogens with zero attached hydrogens (tertiary/aromatic N) is 4. The number of imide groups is 1. The highest BCUT2D eigenvalue weighted by molar-refractivity contribution is 7.19. The summed E-state index contributed by atoms with van der Waals surface area (Å²) in [6, 6.07) is 7.53. The molecule has 3 amide bonds. The fraction of sp³-hybridized carbons (Fsp3) is 0.296. The molecule has 1 aromatic carbocycles. The Bertz CT molecular complexity index is 1680. The van der Waals surface area contributed by atoms with E-state index in [2.05, 4.69) is 10.1 Å². The number of aromatic nitrogens is 2. The number of hydrogen-bond donors (Lipinski definition) is 1. The Morgan fingerprint density at radius 3 is 2.77 bits per heavy atom. The van der Waals surface area contributed by atoms with E-state index in [9.17, 15) is 19.5 Å². The Labute approximate surface area is 230 Å². The number of amides is 3. The third-order valence-corrected chi connectivity index (χ3v) is 8.81. The number of fused-ring (bicyclic) bond motifs is 3. The second-order valence-corrected chi connectivity index (χ2v) is 11.4. The monoisotopic (exact) mass is 564 g/mol. The van der Waals surface area contributed by atoms with Crippen molar-refractivity contribution in [2.45, 2.75) is 44.9 Å². The minimum absolute atomic E-state index is 0.154. The molecule has 7 rings (SSSR count). The summed E-state index contributed by atoms with van der Waals surface area (Å²) in [4.78, 5) is 43.9. The Morgan fingerprint density at radius 2 is 1.97 bits per heavy atom. The number of pyridine rings is 1. The van der Waals surface area contributed by atoms with Crippen LogP contribution in [0.25, 0.3) is 21.3 Å². The van der Waals surface area contributed by atoms with E-state index >= 15 is 0 Å². The van der Waals surface area contributed by atoms with Crippen LogP contribution in [0.15, 0.2) is 35.0 Å². The molecule has 0 bridgehead atoms. The van der Waals surface area contributed by atoms with E-state index in [4.69, 9.17) is 20.9 Å². The molecule has 1 fully saturated rings. The van der Waals surface area contributed by atoms with Crippen molar-refractivity contribution in [3.05, 3.63) is 62.9 Å². The average molecular weight is 565 g/mol. The topological polar surface area (TPSA) is 126 Å². The van der Waals surface area contributed by atoms with E-state index in [1.54, 1.807) is 6.20 Å². The molecule has 1 saturated heterocycles. The number of carboxylic acid groups (broad SMARTS) is 1. The van der Waals surface area contributed by atoms with Crippen LogP contribution in [0.3, 0.4) is 0 Å². The standard InChI is InChI=1S/C27H21ClN4O6S/c28-14-7-13-8-21(25-18-12-31(27(35)36)6-4-19(18)30-38-25)37-24(13)17(9-14)16-3-5-29-20-10-15(39-26(16)20)11-32-22(33)1-2-23(32)34/h3,5,7,9-10,21H,1-2,4,6,8,11-12H2,(H,35,36)/t21-/m1/s1. The zero-order chi connectivity index (χ0) is 26.8. The fourth-order valence-electron chi connectivity index (χ4n) is 5.55. The lowest BCUT2D eigenvalue weighted by molar-refractivity contribution is -0.138. The number of carbonyl (C=O) groups excluding carboxylic acids is 2. The zero-order valence-electron chi connectivity index (χ0n) is 20.5. The van der Waals surface area contributed by atoms with E-state index in [1.807, 2.05) is 24.3 Å². The molecule has 0 unspecified atom stereocenters. The average Bonchev–Trinajstić information content (AvgIpc) is 3.69. The number of halogens is 1. The Hall–Kier alpha value is -3.96. The van der Waals surface area contributed by atoms with Gasteiger partial charge in [-0.05, 0) is 24.3 Å². The molecule has 6 heterocycles. The molecule has 0 aliphatic carbocycles. The smallest absolute Gasteiger partial charge is 0.407 e. The van der Waals surface area contributed by atoms with Crippen molar-refractivity contribution in [3.63, 3.8) is 0 Å². The van der Waals surface area contributed by atoms with Gasteiger partial charge in [0.2, 0.25) is 11.8 Å². The van der Waals surface area contributed by atoms with Crippen LogP contribution >= 0.6 is 22.9 Å². The molecule has 3 aliphatic heterocycles. The summed E-state index contributed by atoms with van der Waals surface area (Å²) in [5.74, 6) is 0.901. The van der Waals surface area contributed by atoms with Crippen LogP contribution < -0.4 is 4.74 Å². The minimum Gasteiger partial charge on any atom is -0.481 e. The normalized spacial score (nSPS) is 18.5. The molecule has 4 aromatic rings. The van der Waals surface area contributed by atoms with Crippen molar-refractivity contribution < 1.29 is 28.8 Å². The summed E-state index contributed by atoms with van der Waals surface area (Å²) >= 11 is 8.05. The van der Waals surface area contributed by atoms with Crippen molar-refractivity contribution in [2.24, 2.45) is 0 Å². The lowest BCUT2D eigenvalue weighted by Crippen LogP contribution is -2.35. The SMILES string of the molecule is O=C(O)N1CCc2noc([C@H]3Cc4cc(Cl)cc(-c5ccnc6cc(CN7C(=O)CCC7=O)sc56)c4O3)c2C1. The van der Waals surface area contributed by atoms with Gasteiger partial charge in [-0.1, -0.05) is 16.8 Å². The van der Waals surface area contributed by atoms with Gasteiger partial charge in [0.05, 0.1) is 29.0 Å².